The van der Waals surface area contributed by atoms with E-state index in [4.69, 9.17) is 0 Å². The zero-order valence-corrected chi connectivity index (χ0v) is 12.9. The SMILES string of the molecule is O=C(Nc1cccc(F)c1)NC(c1ccccc1)c1ccccc1. The van der Waals surface area contributed by atoms with Gasteiger partial charge < -0.3 is 10.6 Å². The molecule has 0 aromatic heterocycles. The number of carbonyl (C=O) groups excluding carboxylic acids is 1. The first kappa shape index (κ1) is 15.7. The number of amides is 2. The number of hydrogen-bond acceptors (Lipinski definition) is 1. The van der Waals surface area contributed by atoms with E-state index in [0.29, 0.717) is 5.69 Å². The summed E-state index contributed by atoms with van der Waals surface area (Å²) in [5.41, 5.74) is 2.35. The standard InChI is InChI=1S/C20H17FN2O/c21-17-12-7-13-18(14-17)22-20(24)23-19(15-8-3-1-4-9-15)16-10-5-2-6-11-16/h1-14,19H,(H2,22,23,24). The Balaban J connectivity index is 1.80. The molecule has 24 heavy (non-hydrogen) atoms. The lowest BCUT2D eigenvalue weighted by molar-refractivity contribution is 0.250. The predicted molar refractivity (Wildman–Crippen MR) is 93.3 cm³/mol. The van der Waals surface area contributed by atoms with E-state index in [-0.39, 0.29) is 6.04 Å². The number of benzene rings is 3. The van der Waals surface area contributed by atoms with Gasteiger partial charge in [-0.25, -0.2) is 9.18 Å². The second-order valence-electron chi connectivity index (χ2n) is 5.36. The van der Waals surface area contributed by atoms with Crippen LogP contribution < -0.4 is 10.6 Å². The molecule has 2 N–H and O–H groups in total. The molecule has 3 nitrogen and oxygen atoms in total. The number of nitrogens with one attached hydrogen (secondary N) is 2. The number of rotatable bonds is 4. The second kappa shape index (κ2) is 7.42. The summed E-state index contributed by atoms with van der Waals surface area (Å²) in [6.07, 6.45) is 0. The maximum atomic E-state index is 13.2. The van der Waals surface area contributed by atoms with E-state index in [0.717, 1.165) is 11.1 Å². The minimum absolute atomic E-state index is 0.291. The third-order valence-electron chi connectivity index (χ3n) is 3.62. The van der Waals surface area contributed by atoms with E-state index < -0.39 is 11.8 Å². The summed E-state index contributed by atoms with van der Waals surface area (Å²) in [4.78, 5) is 12.3. The molecule has 2 amide bonds. The third kappa shape index (κ3) is 3.98. The summed E-state index contributed by atoms with van der Waals surface area (Å²) in [5, 5.41) is 5.61. The molecule has 0 radical (unpaired) electrons. The lowest BCUT2D eigenvalue weighted by Crippen LogP contribution is -2.33. The van der Waals surface area contributed by atoms with Crippen LogP contribution in [0.25, 0.3) is 0 Å². The van der Waals surface area contributed by atoms with E-state index in [1.165, 1.54) is 12.1 Å². The first-order valence-electron chi connectivity index (χ1n) is 7.65. The molecule has 0 saturated carbocycles. The van der Waals surface area contributed by atoms with Crippen LogP contribution in [-0.4, -0.2) is 6.03 Å². The molecule has 0 fully saturated rings. The quantitative estimate of drug-likeness (QED) is 0.716. The van der Waals surface area contributed by atoms with Crippen molar-refractivity contribution in [3.63, 3.8) is 0 Å². The van der Waals surface area contributed by atoms with Crippen molar-refractivity contribution >= 4 is 11.7 Å². The van der Waals surface area contributed by atoms with Crippen LogP contribution in [0.3, 0.4) is 0 Å². The van der Waals surface area contributed by atoms with Crippen molar-refractivity contribution in [2.75, 3.05) is 5.32 Å². The highest BCUT2D eigenvalue weighted by Gasteiger charge is 2.16. The van der Waals surface area contributed by atoms with Crippen LogP contribution in [0.4, 0.5) is 14.9 Å². The van der Waals surface area contributed by atoms with Crippen molar-refractivity contribution in [2.24, 2.45) is 0 Å². The molecule has 3 rings (SSSR count). The molecule has 3 aromatic carbocycles. The fourth-order valence-electron chi connectivity index (χ4n) is 2.51. The molecular formula is C20H17FN2O. The van der Waals surface area contributed by atoms with Crippen LogP contribution in [0.15, 0.2) is 84.9 Å². The Morgan fingerprint density at radius 2 is 1.38 bits per heavy atom. The highest BCUT2D eigenvalue weighted by molar-refractivity contribution is 5.89. The van der Waals surface area contributed by atoms with Crippen LogP contribution in [0, 0.1) is 5.82 Å². The summed E-state index contributed by atoms with van der Waals surface area (Å²) >= 11 is 0. The van der Waals surface area contributed by atoms with Crippen LogP contribution in [-0.2, 0) is 0 Å². The van der Waals surface area contributed by atoms with Crippen LogP contribution >= 0.6 is 0 Å². The van der Waals surface area contributed by atoms with Gasteiger partial charge in [0.25, 0.3) is 0 Å². The first-order chi connectivity index (χ1) is 11.7. The topological polar surface area (TPSA) is 41.1 Å². The predicted octanol–water partition coefficient (Wildman–Crippen LogP) is 4.74. The van der Waals surface area contributed by atoms with Gasteiger partial charge in [-0.3, -0.25) is 0 Å². The van der Waals surface area contributed by atoms with Gasteiger partial charge in [0.15, 0.2) is 0 Å². The summed E-state index contributed by atoms with van der Waals surface area (Å²) in [6, 6.07) is 24.5. The molecule has 4 heteroatoms. The zero-order chi connectivity index (χ0) is 16.8. The zero-order valence-electron chi connectivity index (χ0n) is 12.9. The van der Waals surface area contributed by atoms with Gasteiger partial charge in [0.05, 0.1) is 6.04 Å². The number of hydrogen-bond donors (Lipinski definition) is 2. The summed E-state index contributed by atoms with van der Waals surface area (Å²) in [5.74, 6) is -0.393. The Morgan fingerprint density at radius 3 is 1.92 bits per heavy atom. The monoisotopic (exact) mass is 320 g/mol. The van der Waals surface area contributed by atoms with E-state index in [1.54, 1.807) is 12.1 Å². The lowest BCUT2D eigenvalue weighted by atomic mass is 9.99. The van der Waals surface area contributed by atoms with Gasteiger partial charge >= 0.3 is 6.03 Å². The minimum atomic E-state index is -0.393. The first-order valence-corrected chi connectivity index (χ1v) is 7.65. The van der Waals surface area contributed by atoms with Crippen LogP contribution in [0.5, 0.6) is 0 Å². The Kier molecular flexibility index (Phi) is 4.87. The van der Waals surface area contributed by atoms with Crippen molar-refractivity contribution in [2.45, 2.75) is 6.04 Å². The number of halogens is 1. The lowest BCUT2D eigenvalue weighted by Gasteiger charge is -2.20. The Hall–Kier alpha value is -3.14. The van der Waals surface area contributed by atoms with E-state index in [2.05, 4.69) is 10.6 Å². The molecule has 0 heterocycles. The Morgan fingerprint density at radius 1 is 0.792 bits per heavy atom. The van der Waals surface area contributed by atoms with Crippen LogP contribution in [0.2, 0.25) is 0 Å². The number of anilines is 1. The molecule has 0 atom stereocenters. The maximum Gasteiger partial charge on any atom is 0.319 e. The third-order valence-corrected chi connectivity index (χ3v) is 3.62. The summed E-state index contributed by atoms with van der Waals surface area (Å²) in [7, 11) is 0. The van der Waals surface area contributed by atoms with Gasteiger partial charge in [-0.05, 0) is 29.3 Å². The smallest absolute Gasteiger partial charge is 0.319 e. The molecule has 0 aliphatic carbocycles. The molecule has 0 spiro atoms. The summed E-state index contributed by atoms with van der Waals surface area (Å²) in [6.45, 7) is 0. The highest BCUT2D eigenvalue weighted by atomic mass is 19.1. The second-order valence-corrected chi connectivity index (χ2v) is 5.36. The van der Waals surface area contributed by atoms with Gasteiger partial charge in [-0.2, -0.15) is 0 Å². The molecule has 120 valence electrons. The van der Waals surface area contributed by atoms with E-state index >= 15 is 0 Å². The number of urea groups is 1. The molecular weight excluding hydrogens is 303 g/mol. The van der Waals surface area contributed by atoms with Gasteiger partial charge in [0.2, 0.25) is 0 Å². The van der Waals surface area contributed by atoms with Gasteiger partial charge in [0, 0.05) is 5.69 Å². The largest absolute Gasteiger partial charge is 0.327 e. The van der Waals surface area contributed by atoms with Gasteiger partial charge in [-0.15, -0.1) is 0 Å². The highest BCUT2D eigenvalue weighted by Crippen LogP contribution is 2.22. The average molecular weight is 320 g/mol. The van der Waals surface area contributed by atoms with Crippen molar-refractivity contribution in [1.82, 2.24) is 5.32 Å². The number of carbonyl (C=O) groups is 1. The molecule has 0 bridgehead atoms. The van der Waals surface area contributed by atoms with E-state index in [1.807, 2.05) is 60.7 Å². The van der Waals surface area contributed by atoms with Crippen LogP contribution in [0.1, 0.15) is 17.2 Å². The fourth-order valence-corrected chi connectivity index (χ4v) is 2.51. The van der Waals surface area contributed by atoms with Gasteiger partial charge in [0.1, 0.15) is 5.82 Å². The summed E-state index contributed by atoms with van der Waals surface area (Å²) < 4.78 is 13.2. The van der Waals surface area contributed by atoms with Gasteiger partial charge in [-0.1, -0.05) is 66.7 Å². The van der Waals surface area contributed by atoms with Crippen molar-refractivity contribution in [3.05, 3.63) is 102 Å². The molecule has 0 aliphatic heterocycles. The molecule has 0 unspecified atom stereocenters. The normalized spacial score (nSPS) is 10.4. The van der Waals surface area contributed by atoms with Crippen molar-refractivity contribution < 1.29 is 9.18 Å². The molecule has 0 saturated heterocycles. The minimum Gasteiger partial charge on any atom is -0.327 e. The van der Waals surface area contributed by atoms with Crippen molar-refractivity contribution in [1.29, 1.82) is 0 Å². The Bertz CT molecular complexity index is 767. The molecule has 3 aromatic rings. The van der Waals surface area contributed by atoms with E-state index in [9.17, 15) is 9.18 Å². The Labute approximate surface area is 140 Å². The van der Waals surface area contributed by atoms with Crippen molar-refractivity contribution in [3.8, 4) is 0 Å². The molecule has 0 aliphatic rings. The average Bonchev–Trinajstić information content (AvgIpc) is 2.61. The fraction of sp³-hybridized carbons (Fsp3) is 0.0500. The maximum absolute atomic E-state index is 13.2.